The van der Waals surface area contributed by atoms with Crippen molar-refractivity contribution in [1.29, 1.82) is 0 Å². The zero-order valence-corrected chi connectivity index (χ0v) is 10.3. The molecule has 4 nitrogen and oxygen atoms in total. The van der Waals surface area contributed by atoms with E-state index in [4.69, 9.17) is 11.6 Å². The molecule has 0 aliphatic rings. The Morgan fingerprint density at radius 1 is 1.28 bits per heavy atom. The second kappa shape index (κ2) is 4.66. The molecule has 0 heterocycles. The predicted octanol–water partition coefficient (Wildman–Crippen LogP) is 3.93. The van der Waals surface area contributed by atoms with Gasteiger partial charge in [0.2, 0.25) is 0 Å². The summed E-state index contributed by atoms with van der Waals surface area (Å²) < 4.78 is 0. The van der Waals surface area contributed by atoms with Crippen molar-refractivity contribution in [1.82, 2.24) is 0 Å². The van der Waals surface area contributed by atoms with Crippen LogP contribution in [0.1, 0.15) is 5.56 Å². The number of non-ortho nitro benzene ring substituents is 1. The molecule has 0 radical (unpaired) electrons. The summed E-state index contributed by atoms with van der Waals surface area (Å²) in [6.45, 7) is 1.76. The quantitative estimate of drug-likeness (QED) is 0.659. The van der Waals surface area contributed by atoms with Gasteiger partial charge in [-0.2, -0.15) is 0 Å². The first-order chi connectivity index (χ1) is 8.50. The standard InChI is InChI=1S/C13H10ClNO3/c1-8-11(14)5-6-12(16)13(8)9-3-2-4-10(7-9)15(17)18/h2-7,16H,1H3. The summed E-state index contributed by atoms with van der Waals surface area (Å²) in [5.41, 5.74) is 1.76. The summed E-state index contributed by atoms with van der Waals surface area (Å²) in [6, 6.07) is 9.16. The lowest BCUT2D eigenvalue weighted by atomic mass is 9.99. The van der Waals surface area contributed by atoms with Crippen molar-refractivity contribution in [3.8, 4) is 16.9 Å². The molecule has 18 heavy (non-hydrogen) atoms. The third-order valence-electron chi connectivity index (χ3n) is 2.72. The largest absolute Gasteiger partial charge is 0.507 e. The zero-order valence-electron chi connectivity index (χ0n) is 9.55. The molecule has 1 N–H and O–H groups in total. The van der Waals surface area contributed by atoms with Crippen LogP contribution < -0.4 is 0 Å². The van der Waals surface area contributed by atoms with E-state index >= 15 is 0 Å². The number of halogens is 1. The van der Waals surface area contributed by atoms with Gasteiger partial charge in [0.15, 0.2) is 0 Å². The van der Waals surface area contributed by atoms with Gasteiger partial charge in [0.05, 0.1) is 4.92 Å². The maximum Gasteiger partial charge on any atom is 0.270 e. The fourth-order valence-corrected chi connectivity index (χ4v) is 1.97. The molecular formula is C13H10ClNO3. The fraction of sp³-hybridized carbons (Fsp3) is 0.0769. The Bertz CT molecular complexity index is 626. The van der Waals surface area contributed by atoms with Gasteiger partial charge >= 0.3 is 0 Å². The van der Waals surface area contributed by atoms with Crippen LogP contribution in [-0.2, 0) is 0 Å². The van der Waals surface area contributed by atoms with Crippen LogP contribution >= 0.6 is 11.6 Å². The maximum absolute atomic E-state index is 10.7. The summed E-state index contributed by atoms with van der Waals surface area (Å²) >= 11 is 5.99. The molecule has 0 aromatic heterocycles. The molecule has 0 saturated carbocycles. The number of benzene rings is 2. The number of phenolic OH excluding ortho intramolecular Hbond substituents is 1. The molecule has 0 atom stereocenters. The number of nitro benzene ring substituents is 1. The van der Waals surface area contributed by atoms with E-state index in [-0.39, 0.29) is 11.4 Å². The molecule has 5 heteroatoms. The van der Waals surface area contributed by atoms with Crippen LogP contribution in [0.5, 0.6) is 5.75 Å². The first kappa shape index (κ1) is 12.4. The topological polar surface area (TPSA) is 63.4 Å². The van der Waals surface area contributed by atoms with Gasteiger partial charge in [-0.15, -0.1) is 0 Å². The van der Waals surface area contributed by atoms with Gasteiger partial charge < -0.3 is 5.11 Å². The molecular weight excluding hydrogens is 254 g/mol. The minimum Gasteiger partial charge on any atom is -0.507 e. The number of hydrogen-bond donors (Lipinski definition) is 1. The predicted molar refractivity (Wildman–Crippen MR) is 69.9 cm³/mol. The van der Waals surface area contributed by atoms with Crippen LogP contribution in [0.15, 0.2) is 36.4 Å². The Kier molecular flexibility index (Phi) is 3.21. The van der Waals surface area contributed by atoms with E-state index in [2.05, 4.69) is 0 Å². The van der Waals surface area contributed by atoms with E-state index in [0.29, 0.717) is 21.7 Å². The molecule has 0 bridgehead atoms. The second-order valence-electron chi connectivity index (χ2n) is 3.87. The van der Waals surface area contributed by atoms with Gasteiger partial charge in [-0.1, -0.05) is 23.7 Å². The second-order valence-corrected chi connectivity index (χ2v) is 4.28. The molecule has 0 saturated heterocycles. The summed E-state index contributed by atoms with van der Waals surface area (Å²) in [4.78, 5) is 10.3. The molecule has 0 fully saturated rings. The number of nitro groups is 1. The van der Waals surface area contributed by atoms with Gasteiger partial charge in [-0.3, -0.25) is 10.1 Å². The van der Waals surface area contributed by atoms with Crippen LogP contribution in [0.3, 0.4) is 0 Å². The van der Waals surface area contributed by atoms with Crippen molar-refractivity contribution in [2.75, 3.05) is 0 Å². The highest BCUT2D eigenvalue weighted by atomic mass is 35.5. The Balaban J connectivity index is 2.65. The van der Waals surface area contributed by atoms with Gasteiger partial charge in [-0.05, 0) is 30.2 Å². The molecule has 0 aliphatic carbocycles. The van der Waals surface area contributed by atoms with Gasteiger partial charge in [0.25, 0.3) is 5.69 Å². The van der Waals surface area contributed by atoms with Crippen LogP contribution in [-0.4, -0.2) is 10.0 Å². The molecule has 0 aliphatic heterocycles. The van der Waals surface area contributed by atoms with E-state index in [9.17, 15) is 15.2 Å². The minimum absolute atomic E-state index is 0.0220. The summed E-state index contributed by atoms with van der Waals surface area (Å²) in [5.74, 6) is 0.0531. The van der Waals surface area contributed by atoms with E-state index in [0.717, 1.165) is 0 Å². The van der Waals surface area contributed by atoms with E-state index < -0.39 is 4.92 Å². The Labute approximate surface area is 109 Å². The van der Waals surface area contributed by atoms with Crippen LogP contribution in [0, 0.1) is 17.0 Å². The monoisotopic (exact) mass is 263 g/mol. The highest BCUT2D eigenvalue weighted by Crippen LogP contribution is 2.37. The number of aromatic hydroxyl groups is 1. The summed E-state index contributed by atoms with van der Waals surface area (Å²) in [7, 11) is 0. The summed E-state index contributed by atoms with van der Waals surface area (Å²) in [5, 5.41) is 21.1. The SMILES string of the molecule is Cc1c(Cl)ccc(O)c1-c1cccc([N+](=O)[O-])c1. The molecule has 2 aromatic rings. The maximum atomic E-state index is 10.7. The van der Waals surface area contributed by atoms with Crippen molar-refractivity contribution >= 4 is 17.3 Å². The third kappa shape index (κ3) is 2.15. The average Bonchev–Trinajstić information content (AvgIpc) is 2.35. The molecule has 0 amide bonds. The van der Waals surface area contributed by atoms with Gasteiger partial charge in [0, 0.05) is 22.7 Å². The normalized spacial score (nSPS) is 10.3. The number of rotatable bonds is 2. The Hall–Kier alpha value is -2.07. The lowest BCUT2D eigenvalue weighted by molar-refractivity contribution is -0.384. The highest BCUT2D eigenvalue weighted by molar-refractivity contribution is 6.31. The van der Waals surface area contributed by atoms with Crippen LogP contribution in [0.2, 0.25) is 5.02 Å². The Morgan fingerprint density at radius 3 is 2.67 bits per heavy atom. The van der Waals surface area contributed by atoms with E-state index in [1.54, 1.807) is 25.1 Å². The zero-order chi connectivity index (χ0) is 13.3. The van der Waals surface area contributed by atoms with Gasteiger partial charge in [0.1, 0.15) is 5.75 Å². The van der Waals surface area contributed by atoms with Crippen molar-refractivity contribution in [3.63, 3.8) is 0 Å². The molecule has 0 unspecified atom stereocenters. The Morgan fingerprint density at radius 2 is 2.00 bits per heavy atom. The van der Waals surface area contributed by atoms with E-state index in [1.165, 1.54) is 18.2 Å². The number of phenols is 1. The number of nitrogens with zero attached hydrogens (tertiary/aromatic N) is 1. The minimum atomic E-state index is -0.472. The van der Waals surface area contributed by atoms with Crippen LogP contribution in [0.4, 0.5) is 5.69 Å². The highest BCUT2D eigenvalue weighted by Gasteiger charge is 2.13. The third-order valence-corrected chi connectivity index (χ3v) is 3.13. The van der Waals surface area contributed by atoms with Gasteiger partial charge in [-0.25, -0.2) is 0 Å². The number of hydrogen-bond acceptors (Lipinski definition) is 3. The fourth-order valence-electron chi connectivity index (χ4n) is 1.81. The molecule has 2 rings (SSSR count). The first-order valence-electron chi connectivity index (χ1n) is 5.23. The molecule has 2 aromatic carbocycles. The van der Waals surface area contributed by atoms with Crippen molar-refractivity contribution in [3.05, 3.63) is 57.1 Å². The molecule has 0 spiro atoms. The lowest BCUT2D eigenvalue weighted by Gasteiger charge is -2.10. The van der Waals surface area contributed by atoms with Crippen molar-refractivity contribution < 1.29 is 10.0 Å². The summed E-state index contributed by atoms with van der Waals surface area (Å²) in [6.07, 6.45) is 0. The smallest absolute Gasteiger partial charge is 0.270 e. The average molecular weight is 264 g/mol. The van der Waals surface area contributed by atoms with Crippen LogP contribution in [0.25, 0.3) is 11.1 Å². The lowest BCUT2D eigenvalue weighted by Crippen LogP contribution is -1.90. The van der Waals surface area contributed by atoms with Crippen molar-refractivity contribution in [2.24, 2.45) is 0 Å². The van der Waals surface area contributed by atoms with Crippen molar-refractivity contribution in [2.45, 2.75) is 6.92 Å². The molecule has 92 valence electrons. The first-order valence-corrected chi connectivity index (χ1v) is 5.61. The van der Waals surface area contributed by atoms with E-state index in [1.807, 2.05) is 0 Å².